The highest BCUT2D eigenvalue weighted by molar-refractivity contribution is 7.80. The van der Waals surface area contributed by atoms with E-state index in [4.69, 9.17) is 21.7 Å². The summed E-state index contributed by atoms with van der Waals surface area (Å²) in [7, 11) is 1.63. The van der Waals surface area contributed by atoms with Crippen molar-refractivity contribution in [2.75, 3.05) is 7.11 Å². The van der Waals surface area contributed by atoms with Crippen molar-refractivity contribution >= 4 is 29.3 Å². The van der Waals surface area contributed by atoms with Crippen LogP contribution in [0.25, 0.3) is 6.08 Å². The molecule has 1 fully saturated rings. The molecule has 2 aromatic carbocycles. The first-order valence-electron chi connectivity index (χ1n) is 10.7. The number of aryl methyl sites for hydroxylation is 2. The zero-order valence-corrected chi connectivity index (χ0v) is 19.7. The number of nitrogens with one attached hydrogen (secondary N) is 1. The number of benzene rings is 2. The van der Waals surface area contributed by atoms with Crippen LogP contribution in [0.15, 0.2) is 60.6 Å². The molecule has 1 aromatic heterocycles. The fraction of sp³-hybridized carbons (Fsp3) is 0.240. The Kier molecular flexibility index (Phi) is 6.74. The molecule has 1 aliphatic heterocycles. The third-order valence-electron chi connectivity index (χ3n) is 5.34. The Morgan fingerprint density at radius 1 is 1.18 bits per heavy atom. The van der Waals surface area contributed by atoms with E-state index in [1.807, 2.05) is 67.2 Å². The van der Waals surface area contributed by atoms with Crippen molar-refractivity contribution < 1.29 is 14.3 Å². The minimum absolute atomic E-state index is 0.169. The Morgan fingerprint density at radius 3 is 2.67 bits per heavy atom. The van der Waals surface area contributed by atoms with E-state index in [0.29, 0.717) is 24.0 Å². The molecule has 0 bridgehead atoms. The van der Waals surface area contributed by atoms with Gasteiger partial charge in [-0.3, -0.25) is 14.4 Å². The Hall–Kier alpha value is -3.65. The average Bonchev–Trinajstić information content (AvgIpc) is 3.38. The van der Waals surface area contributed by atoms with Crippen LogP contribution < -0.4 is 14.8 Å². The minimum atomic E-state index is -0.169. The summed E-state index contributed by atoms with van der Waals surface area (Å²) in [5, 5.41) is 7.67. The van der Waals surface area contributed by atoms with Crippen LogP contribution in [0.4, 0.5) is 0 Å². The number of nitrogens with zero attached hydrogens (tertiary/aromatic N) is 3. The van der Waals surface area contributed by atoms with Crippen molar-refractivity contribution in [3.63, 3.8) is 0 Å². The molecule has 1 aliphatic rings. The lowest BCUT2D eigenvalue weighted by Crippen LogP contribution is -2.29. The summed E-state index contributed by atoms with van der Waals surface area (Å²) in [5.41, 5.74) is 4.25. The van der Waals surface area contributed by atoms with E-state index in [2.05, 4.69) is 10.4 Å². The van der Waals surface area contributed by atoms with Gasteiger partial charge in [-0.1, -0.05) is 23.8 Å². The number of amides is 1. The number of thiocarbonyl (C=S) groups is 1. The molecule has 0 saturated carbocycles. The van der Waals surface area contributed by atoms with Gasteiger partial charge in [-0.2, -0.15) is 5.10 Å². The zero-order valence-electron chi connectivity index (χ0n) is 18.9. The maximum Gasteiger partial charge on any atom is 0.276 e. The van der Waals surface area contributed by atoms with Gasteiger partial charge < -0.3 is 14.8 Å². The molecule has 1 amide bonds. The smallest absolute Gasteiger partial charge is 0.276 e. The van der Waals surface area contributed by atoms with Gasteiger partial charge in [-0.15, -0.1) is 0 Å². The van der Waals surface area contributed by atoms with E-state index in [1.54, 1.807) is 24.3 Å². The summed E-state index contributed by atoms with van der Waals surface area (Å²) in [6.07, 6.45) is 5.46. The lowest BCUT2D eigenvalue weighted by molar-refractivity contribution is -0.122. The van der Waals surface area contributed by atoms with Crippen molar-refractivity contribution in [1.29, 1.82) is 0 Å². The molecule has 0 spiro atoms. The second-order valence-corrected chi connectivity index (χ2v) is 8.14. The fourth-order valence-electron chi connectivity index (χ4n) is 3.52. The lowest BCUT2D eigenvalue weighted by Gasteiger charge is -2.12. The second-order valence-electron chi connectivity index (χ2n) is 7.76. The van der Waals surface area contributed by atoms with Gasteiger partial charge in [0.2, 0.25) is 0 Å². The first-order chi connectivity index (χ1) is 16.0. The van der Waals surface area contributed by atoms with Gasteiger partial charge in [0.15, 0.2) is 5.11 Å². The molecule has 3 aromatic rings. The van der Waals surface area contributed by atoms with E-state index < -0.39 is 0 Å². The summed E-state index contributed by atoms with van der Waals surface area (Å²) in [5.74, 6) is 1.34. The maximum absolute atomic E-state index is 13.0. The summed E-state index contributed by atoms with van der Waals surface area (Å²) >= 11 is 5.40. The van der Waals surface area contributed by atoms with Gasteiger partial charge in [-0.05, 0) is 62.0 Å². The van der Waals surface area contributed by atoms with Gasteiger partial charge in [0, 0.05) is 23.9 Å². The summed E-state index contributed by atoms with van der Waals surface area (Å²) in [6.45, 7) is 5.54. The standard InChI is InChI=1S/C25H26N4O3S/c1-4-28-14-19(13-26-28)15-29-24(30)22(27-25(29)33)12-18-7-10-23(31-3)20(11-18)16-32-21-8-5-17(2)6-9-21/h5-14H,4,15-16H2,1-3H3,(H,27,33)/b22-12+. The molecule has 1 N–H and O–H groups in total. The fourth-order valence-corrected chi connectivity index (χ4v) is 3.78. The Morgan fingerprint density at radius 2 is 1.97 bits per heavy atom. The molecule has 33 heavy (non-hydrogen) atoms. The van der Waals surface area contributed by atoms with E-state index >= 15 is 0 Å². The van der Waals surface area contributed by atoms with E-state index in [-0.39, 0.29) is 5.91 Å². The largest absolute Gasteiger partial charge is 0.496 e. The number of methoxy groups -OCH3 is 1. The molecule has 4 rings (SSSR count). The van der Waals surface area contributed by atoms with Crippen molar-refractivity contribution in [2.24, 2.45) is 0 Å². The second kappa shape index (κ2) is 9.87. The van der Waals surface area contributed by atoms with E-state index in [9.17, 15) is 4.79 Å². The normalized spacial score (nSPS) is 14.6. The quantitative estimate of drug-likeness (QED) is 0.402. The summed E-state index contributed by atoms with van der Waals surface area (Å²) < 4.78 is 13.2. The Balaban J connectivity index is 1.50. The molecule has 1 saturated heterocycles. The van der Waals surface area contributed by atoms with Crippen LogP contribution >= 0.6 is 12.2 Å². The molecule has 0 aliphatic carbocycles. The molecular formula is C25H26N4O3S. The maximum atomic E-state index is 13.0. The SMILES string of the molecule is CCn1cc(CN2C(=O)/C(=C\c3ccc(OC)c(COc4ccc(C)cc4)c3)NC2=S)cn1. The van der Waals surface area contributed by atoms with Crippen molar-refractivity contribution in [1.82, 2.24) is 20.0 Å². The number of aromatic nitrogens is 2. The van der Waals surface area contributed by atoms with E-state index in [0.717, 1.165) is 34.7 Å². The van der Waals surface area contributed by atoms with Gasteiger partial charge >= 0.3 is 0 Å². The first-order valence-corrected chi connectivity index (χ1v) is 11.1. The average molecular weight is 463 g/mol. The van der Waals surface area contributed by atoms with Crippen LogP contribution in [0, 0.1) is 6.92 Å². The molecule has 0 unspecified atom stereocenters. The number of carbonyl (C=O) groups excluding carboxylic acids is 1. The molecule has 2 heterocycles. The first kappa shape index (κ1) is 22.5. The number of hydrogen-bond acceptors (Lipinski definition) is 5. The van der Waals surface area contributed by atoms with Crippen molar-refractivity contribution in [3.8, 4) is 11.5 Å². The van der Waals surface area contributed by atoms with Gasteiger partial charge in [0.25, 0.3) is 5.91 Å². The van der Waals surface area contributed by atoms with Gasteiger partial charge in [0.1, 0.15) is 23.8 Å². The topological polar surface area (TPSA) is 68.6 Å². The third kappa shape index (κ3) is 5.23. The van der Waals surface area contributed by atoms with Gasteiger partial charge in [0.05, 0.1) is 19.9 Å². The predicted molar refractivity (Wildman–Crippen MR) is 131 cm³/mol. The molecule has 0 atom stereocenters. The summed E-state index contributed by atoms with van der Waals surface area (Å²) in [4.78, 5) is 14.5. The lowest BCUT2D eigenvalue weighted by atomic mass is 10.1. The molecule has 7 nitrogen and oxygen atoms in total. The van der Waals surface area contributed by atoms with Crippen molar-refractivity contribution in [2.45, 2.75) is 33.5 Å². The molecule has 0 radical (unpaired) electrons. The predicted octanol–water partition coefficient (Wildman–Crippen LogP) is 4.06. The van der Waals surface area contributed by atoms with Crippen LogP contribution in [-0.2, 0) is 24.5 Å². The van der Waals surface area contributed by atoms with Crippen LogP contribution in [-0.4, -0.2) is 32.8 Å². The molecule has 8 heteroatoms. The molecule has 170 valence electrons. The third-order valence-corrected chi connectivity index (χ3v) is 5.67. The molecular weight excluding hydrogens is 436 g/mol. The Labute approximate surface area is 198 Å². The number of ether oxygens (including phenoxy) is 2. The number of rotatable bonds is 8. The number of carbonyl (C=O) groups is 1. The Bertz CT molecular complexity index is 1200. The highest BCUT2D eigenvalue weighted by Crippen LogP contribution is 2.25. The summed E-state index contributed by atoms with van der Waals surface area (Å²) in [6, 6.07) is 13.6. The van der Waals surface area contributed by atoms with Crippen LogP contribution in [0.3, 0.4) is 0 Å². The monoisotopic (exact) mass is 462 g/mol. The van der Waals surface area contributed by atoms with E-state index in [1.165, 1.54) is 5.56 Å². The number of hydrogen-bond donors (Lipinski definition) is 1. The van der Waals surface area contributed by atoms with Crippen LogP contribution in [0.5, 0.6) is 11.5 Å². The van der Waals surface area contributed by atoms with Gasteiger partial charge in [-0.25, -0.2) is 0 Å². The minimum Gasteiger partial charge on any atom is -0.496 e. The highest BCUT2D eigenvalue weighted by Gasteiger charge is 2.30. The van der Waals surface area contributed by atoms with Crippen LogP contribution in [0.2, 0.25) is 0 Å². The zero-order chi connectivity index (χ0) is 23.4. The van der Waals surface area contributed by atoms with Crippen LogP contribution in [0.1, 0.15) is 29.2 Å². The highest BCUT2D eigenvalue weighted by atomic mass is 32.1. The van der Waals surface area contributed by atoms with Crippen molar-refractivity contribution in [3.05, 3.63) is 82.8 Å².